The minimum absolute atomic E-state index is 0.0542. The lowest BCUT2D eigenvalue weighted by atomic mass is 10.0. The molecule has 0 heterocycles. The highest BCUT2D eigenvalue weighted by Gasteiger charge is 2.36. The Morgan fingerprint density at radius 2 is 1.50 bits per heavy atom. The number of nitrogens with one attached hydrogen (secondary N) is 1. The summed E-state index contributed by atoms with van der Waals surface area (Å²) in [5, 5.41) is 3.22. The van der Waals surface area contributed by atoms with Gasteiger partial charge < -0.3 is 10.2 Å². The van der Waals surface area contributed by atoms with Crippen LogP contribution in [0, 0.1) is 13.8 Å². The number of halogens is 1. The van der Waals surface area contributed by atoms with Gasteiger partial charge in [0, 0.05) is 23.5 Å². The molecule has 0 saturated heterocycles. The van der Waals surface area contributed by atoms with Crippen molar-refractivity contribution in [2.45, 2.75) is 69.5 Å². The molecular formula is C37H40BrN3O4S. The van der Waals surface area contributed by atoms with Crippen molar-refractivity contribution in [3.8, 4) is 0 Å². The summed E-state index contributed by atoms with van der Waals surface area (Å²) in [5.41, 5.74) is 3.74. The van der Waals surface area contributed by atoms with E-state index < -0.39 is 28.5 Å². The molecule has 4 aromatic carbocycles. The van der Waals surface area contributed by atoms with Crippen molar-refractivity contribution in [1.29, 1.82) is 0 Å². The largest absolute Gasteiger partial charge is 0.352 e. The third-order valence-corrected chi connectivity index (χ3v) is 10.7. The van der Waals surface area contributed by atoms with Crippen LogP contribution in [-0.2, 0) is 32.6 Å². The molecule has 0 bridgehead atoms. The maximum atomic E-state index is 14.7. The lowest BCUT2D eigenvalue weighted by Gasteiger charge is -2.34. The average Bonchev–Trinajstić information content (AvgIpc) is 3.56. The Kier molecular flexibility index (Phi) is 11.0. The molecule has 0 aliphatic heterocycles. The quantitative estimate of drug-likeness (QED) is 0.173. The van der Waals surface area contributed by atoms with Crippen molar-refractivity contribution in [3.63, 3.8) is 0 Å². The van der Waals surface area contributed by atoms with E-state index >= 15 is 0 Å². The second-order valence-corrected chi connectivity index (χ2v) is 14.7. The second-order valence-electron chi connectivity index (χ2n) is 12.0. The van der Waals surface area contributed by atoms with Gasteiger partial charge in [-0.25, -0.2) is 8.42 Å². The van der Waals surface area contributed by atoms with Crippen LogP contribution in [0.4, 0.5) is 5.69 Å². The molecule has 4 aromatic rings. The zero-order valence-corrected chi connectivity index (χ0v) is 28.6. The van der Waals surface area contributed by atoms with E-state index in [2.05, 4.69) is 21.2 Å². The van der Waals surface area contributed by atoms with E-state index in [4.69, 9.17) is 0 Å². The van der Waals surface area contributed by atoms with E-state index in [1.807, 2.05) is 80.6 Å². The summed E-state index contributed by atoms with van der Waals surface area (Å²) < 4.78 is 30.5. The number of benzene rings is 4. The zero-order valence-electron chi connectivity index (χ0n) is 26.2. The number of amides is 2. The number of sulfonamides is 1. The first-order valence-electron chi connectivity index (χ1n) is 15.6. The van der Waals surface area contributed by atoms with Crippen LogP contribution in [0.2, 0.25) is 0 Å². The van der Waals surface area contributed by atoms with Crippen LogP contribution in [-0.4, -0.2) is 43.8 Å². The van der Waals surface area contributed by atoms with Gasteiger partial charge in [0.05, 0.1) is 10.6 Å². The molecule has 0 aromatic heterocycles. The van der Waals surface area contributed by atoms with Crippen LogP contribution < -0.4 is 9.62 Å². The van der Waals surface area contributed by atoms with Gasteiger partial charge in [0.15, 0.2) is 0 Å². The molecule has 240 valence electrons. The molecule has 9 heteroatoms. The predicted octanol–water partition coefficient (Wildman–Crippen LogP) is 6.96. The number of rotatable bonds is 12. The third kappa shape index (κ3) is 8.25. The van der Waals surface area contributed by atoms with Crippen molar-refractivity contribution in [1.82, 2.24) is 10.2 Å². The molecule has 2 amide bonds. The van der Waals surface area contributed by atoms with E-state index in [1.165, 1.54) is 16.4 Å². The second kappa shape index (κ2) is 15.1. The van der Waals surface area contributed by atoms with Crippen LogP contribution in [0.15, 0.2) is 112 Å². The Hall–Kier alpha value is -3.95. The minimum Gasteiger partial charge on any atom is -0.352 e. The van der Waals surface area contributed by atoms with Gasteiger partial charge in [0.25, 0.3) is 10.0 Å². The van der Waals surface area contributed by atoms with Crippen molar-refractivity contribution in [2.24, 2.45) is 0 Å². The van der Waals surface area contributed by atoms with Gasteiger partial charge in [0.1, 0.15) is 12.6 Å². The number of aryl methyl sites for hydroxylation is 2. The maximum Gasteiger partial charge on any atom is 0.264 e. The van der Waals surface area contributed by atoms with Gasteiger partial charge in [-0.2, -0.15) is 0 Å². The first-order valence-corrected chi connectivity index (χ1v) is 17.9. The molecular weight excluding hydrogens is 662 g/mol. The van der Waals surface area contributed by atoms with Crippen molar-refractivity contribution >= 4 is 43.5 Å². The van der Waals surface area contributed by atoms with Crippen molar-refractivity contribution < 1.29 is 18.0 Å². The van der Waals surface area contributed by atoms with Gasteiger partial charge in [0.2, 0.25) is 11.8 Å². The normalized spacial score (nSPS) is 14.1. The fourth-order valence-corrected chi connectivity index (χ4v) is 7.91. The molecule has 5 rings (SSSR count). The summed E-state index contributed by atoms with van der Waals surface area (Å²) in [5.74, 6) is -0.703. The van der Waals surface area contributed by atoms with Crippen LogP contribution in [0.1, 0.15) is 47.9 Å². The van der Waals surface area contributed by atoms with E-state index in [9.17, 15) is 18.0 Å². The molecule has 7 nitrogen and oxygen atoms in total. The summed E-state index contributed by atoms with van der Waals surface area (Å²) in [6.45, 7) is 3.37. The topological polar surface area (TPSA) is 86.8 Å². The molecule has 46 heavy (non-hydrogen) atoms. The SMILES string of the molecule is Cc1ccc(C)c(N(CC(=O)N(Cc2cccc(Br)c2)[C@@H](Cc2ccccc2)C(=O)NC2CCCC2)S(=O)(=O)c2ccccc2)c1. The fourth-order valence-electron chi connectivity index (χ4n) is 5.97. The maximum absolute atomic E-state index is 14.7. The minimum atomic E-state index is -4.15. The number of hydrogen-bond acceptors (Lipinski definition) is 4. The predicted molar refractivity (Wildman–Crippen MR) is 186 cm³/mol. The van der Waals surface area contributed by atoms with Crippen LogP contribution in [0.25, 0.3) is 0 Å². The monoisotopic (exact) mass is 701 g/mol. The molecule has 1 aliphatic carbocycles. The van der Waals surface area contributed by atoms with Gasteiger partial charge in [-0.05, 0) is 79.3 Å². The van der Waals surface area contributed by atoms with E-state index in [0.717, 1.165) is 52.4 Å². The van der Waals surface area contributed by atoms with Crippen LogP contribution in [0.5, 0.6) is 0 Å². The van der Waals surface area contributed by atoms with Crippen molar-refractivity contribution in [2.75, 3.05) is 10.8 Å². The zero-order chi connectivity index (χ0) is 32.7. The van der Waals surface area contributed by atoms with Gasteiger partial charge in [-0.3, -0.25) is 13.9 Å². The summed E-state index contributed by atoms with van der Waals surface area (Å²) in [4.78, 5) is 30.5. The Balaban J connectivity index is 1.58. The summed E-state index contributed by atoms with van der Waals surface area (Å²) in [6.07, 6.45) is 4.19. The summed E-state index contributed by atoms with van der Waals surface area (Å²) >= 11 is 3.53. The molecule has 1 atom stereocenters. The van der Waals surface area contributed by atoms with Gasteiger partial charge >= 0.3 is 0 Å². The molecule has 1 N–H and O–H groups in total. The third-order valence-electron chi connectivity index (χ3n) is 8.46. The van der Waals surface area contributed by atoms with Gasteiger partial charge in [-0.1, -0.05) is 102 Å². The fraction of sp³-hybridized carbons (Fsp3) is 0.297. The Labute approximate surface area is 280 Å². The molecule has 0 unspecified atom stereocenters. The lowest BCUT2D eigenvalue weighted by Crippen LogP contribution is -2.54. The first-order chi connectivity index (χ1) is 22.1. The highest BCUT2D eigenvalue weighted by molar-refractivity contribution is 9.10. The van der Waals surface area contributed by atoms with Crippen LogP contribution in [0.3, 0.4) is 0 Å². The Morgan fingerprint density at radius 1 is 0.848 bits per heavy atom. The summed E-state index contributed by atoms with van der Waals surface area (Å²) in [6, 6.07) is 30.1. The molecule has 1 aliphatic rings. The van der Waals surface area contributed by atoms with E-state index in [1.54, 1.807) is 29.2 Å². The number of anilines is 1. The highest BCUT2D eigenvalue weighted by atomic mass is 79.9. The van der Waals surface area contributed by atoms with Crippen LogP contribution >= 0.6 is 15.9 Å². The summed E-state index contributed by atoms with van der Waals surface area (Å²) in [7, 11) is -4.15. The smallest absolute Gasteiger partial charge is 0.264 e. The molecule has 1 fully saturated rings. The molecule has 0 radical (unpaired) electrons. The molecule has 1 saturated carbocycles. The Bertz CT molecular complexity index is 1760. The standard InChI is InChI=1S/C37H40BrN3O4S/c1-27-20-21-28(2)34(22-27)41(46(44,45)33-18-7-4-8-19-33)26-36(42)40(25-30-14-11-15-31(38)23-30)35(24-29-12-5-3-6-13-29)37(43)39-32-16-9-10-17-32/h3-8,11-15,18-23,32,35H,9-10,16-17,24-26H2,1-2H3,(H,39,43)/t35-/m0/s1. The molecule has 0 spiro atoms. The number of carbonyl (C=O) groups excluding carboxylic acids is 2. The average molecular weight is 703 g/mol. The van der Waals surface area contributed by atoms with E-state index in [0.29, 0.717) is 5.69 Å². The van der Waals surface area contributed by atoms with Gasteiger partial charge in [-0.15, -0.1) is 0 Å². The number of carbonyl (C=O) groups is 2. The first kappa shape index (κ1) is 33.4. The highest BCUT2D eigenvalue weighted by Crippen LogP contribution is 2.29. The van der Waals surface area contributed by atoms with Crippen molar-refractivity contribution in [3.05, 3.63) is 130 Å². The van der Waals surface area contributed by atoms with E-state index in [-0.39, 0.29) is 29.8 Å². The number of nitrogens with zero attached hydrogens (tertiary/aromatic N) is 2. The Morgan fingerprint density at radius 3 is 2.17 bits per heavy atom. The lowest BCUT2D eigenvalue weighted by molar-refractivity contribution is -0.140. The number of hydrogen-bond donors (Lipinski definition) is 1.